The number of ether oxygens (including phenoxy) is 1. The van der Waals surface area contributed by atoms with Gasteiger partial charge in [-0.05, 0) is 18.4 Å². The van der Waals surface area contributed by atoms with Gasteiger partial charge in [0.15, 0.2) is 17.2 Å². The Morgan fingerprint density at radius 1 is 1.05 bits per heavy atom. The molecule has 0 spiro atoms. The molecule has 188 valence electrons. The number of aromatic nitrogens is 8. The summed E-state index contributed by atoms with van der Waals surface area (Å²) in [5, 5.41) is 4.65. The minimum atomic E-state index is -4.49. The molecular formula is C25H21F3N8O. The van der Waals surface area contributed by atoms with Crippen LogP contribution in [0.2, 0.25) is 0 Å². The third-order valence-electron chi connectivity index (χ3n) is 6.30. The predicted octanol–water partition coefficient (Wildman–Crippen LogP) is 4.48. The summed E-state index contributed by atoms with van der Waals surface area (Å²) in [4.78, 5) is 21.8. The number of nitrogens with zero attached hydrogens (tertiary/aromatic N) is 8. The van der Waals surface area contributed by atoms with E-state index < -0.39 is 11.9 Å². The molecular weight excluding hydrogens is 485 g/mol. The largest absolute Gasteiger partial charge is 0.480 e. The maximum absolute atomic E-state index is 13.0. The van der Waals surface area contributed by atoms with Gasteiger partial charge in [0.1, 0.15) is 17.7 Å². The third kappa shape index (κ3) is 4.28. The topological polar surface area (TPSA) is 95.9 Å². The van der Waals surface area contributed by atoms with Gasteiger partial charge in [-0.1, -0.05) is 24.3 Å². The molecule has 5 aromatic rings. The Morgan fingerprint density at radius 2 is 1.84 bits per heavy atom. The van der Waals surface area contributed by atoms with Crippen molar-refractivity contribution >= 4 is 5.65 Å². The lowest BCUT2D eigenvalue weighted by Crippen LogP contribution is -2.04. The summed E-state index contributed by atoms with van der Waals surface area (Å²) in [6, 6.07) is 7.20. The zero-order valence-corrected chi connectivity index (χ0v) is 19.9. The molecule has 0 bridgehead atoms. The Hall–Kier alpha value is -4.35. The molecule has 1 aliphatic rings. The molecule has 4 heterocycles. The first kappa shape index (κ1) is 23.1. The molecule has 0 unspecified atom stereocenters. The molecule has 12 heteroatoms. The summed E-state index contributed by atoms with van der Waals surface area (Å²) in [7, 11) is 3.10. The van der Waals surface area contributed by atoms with Gasteiger partial charge in [-0.15, -0.1) is 5.10 Å². The van der Waals surface area contributed by atoms with Gasteiger partial charge in [0.25, 0.3) is 0 Å². The predicted molar refractivity (Wildman–Crippen MR) is 127 cm³/mol. The Balaban J connectivity index is 1.32. The standard InChI is InChI=1S/C25H21F3N8O/c1-35-12-18(25(26,27)28)32-22(35)16-5-3-14(4-6-16)11-17-23-33-21(34-36(23)10-9-29-17)19-20(15-7-8-15)30-13-31-24(19)37-2/h3-6,9-10,12-13,15H,7-8,11H2,1-2H3. The lowest BCUT2D eigenvalue weighted by Gasteiger charge is -2.08. The van der Waals surface area contributed by atoms with E-state index in [0.29, 0.717) is 46.5 Å². The number of halogens is 3. The first-order valence-electron chi connectivity index (χ1n) is 11.6. The van der Waals surface area contributed by atoms with E-state index in [1.165, 1.54) is 10.9 Å². The molecule has 1 aromatic carbocycles. The van der Waals surface area contributed by atoms with Crippen molar-refractivity contribution in [2.75, 3.05) is 7.11 Å². The van der Waals surface area contributed by atoms with Crippen molar-refractivity contribution in [3.05, 3.63) is 71.8 Å². The van der Waals surface area contributed by atoms with E-state index in [2.05, 4.69) is 25.0 Å². The van der Waals surface area contributed by atoms with Gasteiger partial charge in [-0.3, -0.25) is 4.98 Å². The van der Waals surface area contributed by atoms with Crippen molar-refractivity contribution in [2.45, 2.75) is 31.4 Å². The fourth-order valence-corrected chi connectivity index (χ4v) is 4.35. The zero-order chi connectivity index (χ0) is 25.7. The Bertz CT molecular complexity index is 1600. The quantitative estimate of drug-likeness (QED) is 0.335. The normalized spacial score (nSPS) is 13.9. The summed E-state index contributed by atoms with van der Waals surface area (Å²) in [6.07, 6.45) is 3.93. The number of rotatable bonds is 6. The highest BCUT2D eigenvalue weighted by molar-refractivity contribution is 5.68. The monoisotopic (exact) mass is 506 g/mol. The number of alkyl halides is 3. The molecule has 0 aliphatic heterocycles. The van der Waals surface area contributed by atoms with E-state index in [9.17, 15) is 13.2 Å². The zero-order valence-electron chi connectivity index (χ0n) is 19.9. The van der Waals surface area contributed by atoms with Crippen LogP contribution >= 0.6 is 0 Å². The second-order valence-electron chi connectivity index (χ2n) is 8.93. The average molecular weight is 506 g/mol. The van der Waals surface area contributed by atoms with Crippen molar-refractivity contribution < 1.29 is 17.9 Å². The summed E-state index contributed by atoms with van der Waals surface area (Å²) in [6.45, 7) is 0. The van der Waals surface area contributed by atoms with Crippen LogP contribution in [0.25, 0.3) is 28.4 Å². The summed E-state index contributed by atoms with van der Waals surface area (Å²) in [5.41, 5.74) is 3.45. The SMILES string of the molecule is COc1ncnc(C2CC2)c1-c1nc2c(Cc3ccc(-c4nc(C(F)(F)F)cn4C)cc3)nccn2n1. The van der Waals surface area contributed by atoms with Gasteiger partial charge in [0.2, 0.25) is 5.88 Å². The Morgan fingerprint density at radius 3 is 2.51 bits per heavy atom. The smallest absolute Gasteiger partial charge is 0.434 e. The summed E-state index contributed by atoms with van der Waals surface area (Å²) in [5.74, 6) is 1.49. The molecule has 0 N–H and O–H groups in total. The number of hydrogen-bond acceptors (Lipinski definition) is 7. The van der Waals surface area contributed by atoms with Gasteiger partial charge in [0.05, 0.1) is 18.5 Å². The van der Waals surface area contributed by atoms with Crippen LogP contribution in [0.3, 0.4) is 0 Å². The van der Waals surface area contributed by atoms with Crippen molar-refractivity contribution in [3.63, 3.8) is 0 Å². The van der Waals surface area contributed by atoms with Gasteiger partial charge >= 0.3 is 6.18 Å². The van der Waals surface area contributed by atoms with Crippen LogP contribution in [-0.2, 0) is 19.6 Å². The molecule has 0 radical (unpaired) electrons. The summed E-state index contributed by atoms with van der Waals surface area (Å²) >= 11 is 0. The van der Waals surface area contributed by atoms with Crippen LogP contribution in [0.5, 0.6) is 5.88 Å². The number of imidazole rings is 1. The van der Waals surface area contributed by atoms with Crippen LogP contribution in [0.1, 0.15) is 41.4 Å². The Labute approximate surface area is 209 Å². The fraction of sp³-hybridized carbons (Fsp3) is 0.280. The third-order valence-corrected chi connectivity index (χ3v) is 6.30. The lowest BCUT2D eigenvalue weighted by molar-refractivity contribution is -0.140. The van der Waals surface area contributed by atoms with E-state index in [-0.39, 0.29) is 5.82 Å². The van der Waals surface area contributed by atoms with Crippen LogP contribution in [-0.4, -0.2) is 46.2 Å². The highest BCUT2D eigenvalue weighted by Gasteiger charge is 2.34. The van der Waals surface area contributed by atoms with Crippen LogP contribution < -0.4 is 4.74 Å². The first-order chi connectivity index (χ1) is 17.8. The minimum Gasteiger partial charge on any atom is -0.480 e. The van der Waals surface area contributed by atoms with Gasteiger partial charge in [-0.25, -0.2) is 24.5 Å². The highest BCUT2D eigenvalue weighted by Crippen LogP contribution is 2.44. The molecule has 4 aromatic heterocycles. The second-order valence-corrected chi connectivity index (χ2v) is 8.93. The average Bonchev–Trinajstić information content (AvgIpc) is 3.51. The minimum absolute atomic E-state index is 0.242. The van der Waals surface area contributed by atoms with Crippen molar-refractivity contribution in [1.82, 2.24) is 39.1 Å². The van der Waals surface area contributed by atoms with Crippen molar-refractivity contribution in [1.29, 1.82) is 0 Å². The number of aryl methyl sites for hydroxylation is 1. The van der Waals surface area contributed by atoms with E-state index in [1.54, 1.807) is 43.2 Å². The number of fused-ring (bicyclic) bond motifs is 1. The maximum Gasteiger partial charge on any atom is 0.434 e. The van der Waals surface area contributed by atoms with E-state index in [4.69, 9.17) is 9.72 Å². The van der Waals surface area contributed by atoms with E-state index in [1.807, 2.05) is 12.1 Å². The van der Waals surface area contributed by atoms with Crippen molar-refractivity contribution in [3.8, 4) is 28.7 Å². The van der Waals surface area contributed by atoms with Crippen LogP contribution in [0.4, 0.5) is 13.2 Å². The molecule has 1 fully saturated rings. The molecule has 37 heavy (non-hydrogen) atoms. The van der Waals surface area contributed by atoms with E-state index >= 15 is 0 Å². The van der Waals surface area contributed by atoms with Crippen molar-refractivity contribution in [2.24, 2.45) is 7.05 Å². The molecule has 1 saturated carbocycles. The second kappa shape index (κ2) is 8.64. The summed E-state index contributed by atoms with van der Waals surface area (Å²) < 4.78 is 47.6. The van der Waals surface area contributed by atoms with Crippen LogP contribution in [0, 0.1) is 0 Å². The van der Waals surface area contributed by atoms with Gasteiger partial charge in [0, 0.05) is 43.5 Å². The first-order valence-corrected chi connectivity index (χ1v) is 11.6. The molecule has 0 amide bonds. The fourth-order valence-electron chi connectivity index (χ4n) is 4.35. The molecule has 6 rings (SSSR count). The maximum atomic E-state index is 13.0. The number of benzene rings is 1. The Kier molecular flexibility index (Phi) is 5.39. The molecule has 1 aliphatic carbocycles. The molecule has 0 atom stereocenters. The van der Waals surface area contributed by atoms with Gasteiger partial charge in [-0.2, -0.15) is 13.2 Å². The van der Waals surface area contributed by atoms with Gasteiger partial charge < -0.3 is 9.30 Å². The highest BCUT2D eigenvalue weighted by atomic mass is 19.4. The van der Waals surface area contributed by atoms with Crippen LogP contribution in [0.15, 0.2) is 49.2 Å². The number of hydrogen-bond donors (Lipinski definition) is 0. The lowest BCUT2D eigenvalue weighted by atomic mass is 10.1. The molecule has 0 saturated heterocycles. The number of methoxy groups -OCH3 is 1. The molecule has 9 nitrogen and oxygen atoms in total. The van der Waals surface area contributed by atoms with E-state index in [0.717, 1.165) is 30.3 Å².